The van der Waals surface area contributed by atoms with E-state index in [0.29, 0.717) is 29.7 Å². The predicted octanol–water partition coefficient (Wildman–Crippen LogP) is 1.84. The van der Waals surface area contributed by atoms with E-state index >= 15 is 0 Å². The number of thiazole rings is 1. The van der Waals surface area contributed by atoms with E-state index in [-0.39, 0.29) is 12.0 Å². The van der Waals surface area contributed by atoms with Crippen molar-refractivity contribution in [2.75, 3.05) is 20.2 Å². The van der Waals surface area contributed by atoms with Crippen molar-refractivity contribution < 1.29 is 14.3 Å². The van der Waals surface area contributed by atoms with Gasteiger partial charge < -0.3 is 14.4 Å². The first-order chi connectivity index (χ1) is 10.3. The smallest absolute Gasteiger partial charge is 0.273 e. The summed E-state index contributed by atoms with van der Waals surface area (Å²) in [4.78, 5) is 22.4. The van der Waals surface area contributed by atoms with Crippen LogP contribution >= 0.6 is 11.3 Å². The molecule has 6 nitrogen and oxygen atoms in total. The van der Waals surface area contributed by atoms with Crippen molar-refractivity contribution in [1.29, 1.82) is 0 Å². The van der Waals surface area contributed by atoms with Gasteiger partial charge in [0.1, 0.15) is 11.7 Å². The van der Waals surface area contributed by atoms with Gasteiger partial charge in [-0.3, -0.25) is 4.79 Å². The van der Waals surface area contributed by atoms with Crippen molar-refractivity contribution in [3.8, 4) is 11.1 Å². The number of hydrogen-bond donors (Lipinski definition) is 0. The molecule has 0 radical (unpaired) electrons. The summed E-state index contributed by atoms with van der Waals surface area (Å²) in [6, 6.07) is 3.46. The van der Waals surface area contributed by atoms with Gasteiger partial charge in [-0.25, -0.2) is 9.97 Å². The maximum Gasteiger partial charge on any atom is 0.273 e. The Morgan fingerprint density at radius 3 is 3.10 bits per heavy atom. The van der Waals surface area contributed by atoms with E-state index in [1.54, 1.807) is 29.4 Å². The summed E-state index contributed by atoms with van der Waals surface area (Å²) < 4.78 is 10.9. The first-order valence-corrected chi connectivity index (χ1v) is 7.50. The minimum atomic E-state index is -0.0785. The van der Waals surface area contributed by atoms with Crippen LogP contribution in [0.5, 0.6) is 11.1 Å². The Hall–Kier alpha value is -2.15. The molecule has 3 rings (SSSR count). The third-order valence-corrected chi connectivity index (χ3v) is 3.97. The minimum Gasteiger partial charge on any atom is -0.480 e. The maximum atomic E-state index is 12.5. The maximum absolute atomic E-state index is 12.5. The molecule has 0 N–H and O–H groups in total. The van der Waals surface area contributed by atoms with E-state index in [1.165, 1.54) is 18.4 Å². The molecule has 1 aliphatic heterocycles. The number of methoxy groups -OCH3 is 1. The lowest BCUT2D eigenvalue weighted by atomic mass is 10.2. The number of ether oxygens (including phenoxy) is 2. The highest BCUT2D eigenvalue weighted by molar-refractivity contribution is 7.11. The van der Waals surface area contributed by atoms with Crippen LogP contribution in [0.15, 0.2) is 29.9 Å². The van der Waals surface area contributed by atoms with E-state index in [0.717, 1.165) is 6.42 Å². The lowest BCUT2D eigenvalue weighted by molar-refractivity contribution is 0.0768. The largest absolute Gasteiger partial charge is 0.480 e. The van der Waals surface area contributed by atoms with E-state index in [1.807, 2.05) is 5.38 Å². The molecule has 1 fully saturated rings. The van der Waals surface area contributed by atoms with Crippen molar-refractivity contribution in [3.63, 3.8) is 0 Å². The number of carbonyl (C=O) groups is 1. The van der Waals surface area contributed by atoms with Crippen molar-refractivity contribution in [2.45, 2.75) is 12.5 Å². The van der Waals surface area contributed by atoms with Crippen LogP contribution < -0.4 is 9.47 Å². The van der Waals surface area contributed by atoms with Gasteiger partial charge in [0.15, 0.2) is 0 Å². The van der Waals surface area contributed by atoms with E-state index in [4.69, 9.17) is 9.47 Å². The normalized spacial score (nSPS) is 17.8. The molecule has 2 aromatic rings. The van der Waals surface area contributed by atoms with Crippen LogP contribution in [0.25, 0.3) is 0 Å². The van der Waals surface area contributed by atoms with Gasteiger partial charge in [-0.15, -0.1) is 0 Å². The molecule has 0 spiro atoms. The molecule has 1 atom stereocenters. The van der Waals surface area contributed by atoms with Gasteiger partial charge in [0.05, 0.1) is 13.7 Å². The molecule has 2 aromatic heterocycles. The topological polar surface area (TPSA) is 64.5 Å². The highest BCUT2D eigenvalue weighted by Gasteiger charge is 2.30. The van der Waals surface area contributed by atoms with Crippen molar-refractivity contribution in [1.82, 2.24) is 14.9 Å². The molecule has 0 saturated carbocycles. The second kappa shape index (κ2) is 6.09. The molecule has 110 valence electrons. The Labute approximate surface area is 126 Å². The fraction of sp³-hybridized carbons (Fsp3) is 0.357. The van der Waals surface area contributed by atoms with Crippen LogP contribution in [-0.2, 0) is 0 Å². The van der Waals surface area contributed by atoms with Gasteiger partial charge in [0.2, 0.25) is 5.88 Å². The van der Waals surface area contributed by atoms with E-state index < -0.39 is 0 Å². The molecule has 0 aromatic carbocycles. The van der Waals surface area contributed by atoms with Gasteiger partial charge >= 0.3 is 0 Å². The van der Waals surface area contributed by atoms with Gasteiger partial charge in [-0.2, -0.15) is 0 Å². The SMILES string of the molecule is COc1ncccc1C(=O)N1CCC(Oc2nccs2)C1. The second-order valence-corrected chi connectivity index (χ2v) is 5.50. The quantitative estimate of drug-likeness (QED) is 0.862. The standard InChI is InChI=1S/C14H15N3O3S/c1-19-12-11(3-2-5-15-12)13(18)17-7-4-10(9-17)20-14-16-6-8-21-14/h2-3,5-6,8,10H,4,7,9H2,1H3. The summed E-state index contributed by atoms with van der Waals surface area (Å²) in [5.74, 6) is 0.275. The Kier molecular flexibility index (Phi) is 4.01. The van der Waals surface area contributed by atoms with Crippen LogP contribution in [0.3, 0.4) is 0 Å². The first-order valence-electron chi connectivity index (χ1n) is 6.62. The summed E-state index contributed by atoms with van der Waals surface area (Å²) in [7, 11) is 1.51. The Morgan fingerprint density at radius 1 is 1.43 bits per heavy atom. The van der Waals surface area contributed by atoms with Crippen LogP contribution in [0, 0.1) is 0 Å². The van der Waals surface area contributed by atoms with E-state index in [2.05, 4.69) is 9.97 Å². The summed E-state index contributed by atoms with van der Waals surface area (Å²) >= 11 is 1.46. The first kappa shape index (κ1) is 13.8. The zero-order valence-corrected chi connectivity index (χ0v) is 12.4. The number of aromatic nitrogens is 2. The number of carbonyl (C=O) groups excluding carboxylic acids is 1. The number of hydrogen-bond acceptors (Lipinski definition) is 6. The summed E-state index contributed by atoms with van der Waals surface area (Å²) in [5.41, 5.74) is 0.481. The molecule has 1 aliphatic rings. The molecular weight excluding hydrogens is 290 g/mol. The summed E-state index contributed by atoms with van der Waals surface area (Å²) in [6.45, 7) is 1.21. The highest BCUT2D eigenvalue weighted by atomic mass is 32.1. The summed E-state index contributed by atoms with van der Waals surface area (Å²) in [6.07, 6.45) is 4.10. The molecule has 1 saturated heterocycles. The minimum absolute atomic E-state index is 0.0113. The number of rotatable bonds is 4. The van der Waals surface area contributed by atoms with Gasteiger partial charge in [-0.05, 0) is 12.1 Å². The summed E-state index contributed by atoms with van der Waals surface area (Å²) in [5, 5.41) is 2.52. The van der Waals surface area contributed by atoms with E-state index in [9.17, 15) is 4.79 Å². The number of likely N-dealkylation sites (tertiary alicyclic amines) is 1. The molecule has 0 aliphatic carbocycles. The third kappa shape index (κ3) is 2.97. The number of pyridine rings is 1. The van der Waals surface area contributed by atoms with Crippen molar-refractivity contribution in [3.05, 3.63) is 35.5 Å². The average molecular weight is 305 g/mol. The van der Waals surface area contributed by atoms with Crippen molar-refractivity contribution in [2.24, 2.45) is 0 Å². The zero-order valence-electron chi connectivity index (χ0n) is 11.6. The van der Waals surface area contributed by atoms with Gasteiger partial charge in [0.25, 0.3) is 11.1 Å². The molecular formula is C14H15N3O3S. The Morgan fingerprint density at radius 2 is 2.33 bits per heavy atom. The Balaban J connectivity index is 1.66. The molecule has 1 amide bonds. The van der Waals surface area contributed by atoms with Crippen molar-refractivity contribution >= 4 is 17.2 Å². The monoisotopic (exact) mass is 305 g/mol. The fourth-order valence-corrected chi connectivity index (χ4v) is 2.86. The third-order valence-electron chi connectivity index (χ3n) is 3.30. The number of amides is 1. The predicted molar refractivity (Wildman–Crippen MR) is 77.8 cm³/mol. The lowest BCUT2D eigenvalue weighted by Gasteiger charge is -2.17. The van der Waals surface area contributed by atoms with Gasteiger partial charge in [0, 0.05) is 30.7 Å². The Bertz CT molecular complexity index is 618. The molecule has 3 heterocycles. The van der Waals surface area contributed by atoms with Crippen LogP contribution in [0.2, 0.25) is 0 Å². The van der Waals surface area contributed by atoms with Crippen LogP contribution in [-0.4, -0.2) is 47.1 Å². The highest BCUT2D eigenvalue weighted by Crippen LogP contribution is 2.23. The number of nitrogens with zero attached hydrogens (tertiary/aromatic N) is 3. The molecule has 0 bridgehead atoms. The zero-order chi connectivity index (χ0) is 14.7. The molecule has 21 heavy (non-hydrogen) atoms. The van der Waals surface area contributed by atoms with Crippen LogP contribution in [0.4, 0.5) is 0 Å². The molecule has 1 unspecified atom stereocenters. The van der Waals surface area contributed by atoms with Gasteiger partial charge in [-0.1, -0.05) is 11.3 Å². The van der Waals surface area contributed by atoms with Crippen LogP contribution in [0.1, 0.15) is 16.8 Å². The average Bonchev–Trinajstić information content (AvgIpc) is 3.19. The molecule has 7 heteroatoms. The lowest BCUT2D eigenvalue weighted by Crippen LogP contribution is -2.31. The second-order valence-electron chi connectivity index (χ2n) is 4.64. The fourth-order valence-electron chi connectivity index (χ4n) is 2.31.